The number of hydrogen-bond acceptors (Lipinski definition) is 2. The van der Waals surface area contributed by atoms with Crippen LogP contribution in [0.1, 0.15) is 23.7 Å². The monoisotopic (exact) mass is 212 g/mol. The van der Waals surface area contributed by atoms with Crippen molar-refractivity contribution in [1.82, 2.24) is 4.98 Å². The van der Waals surface area contributed by atoms with Crippen LogP contribution in [-0.2, 0) is 0 Å². The molecule has 1 unspecified atom stereocenters. The predicted octanol–water partition coefficient (Wildman–Crippen LogP) is 3.12. The second-order valence-corrected chi connectivity index (χ2v) is 4.00. The standard InChI is InChI=1S/C14H16N2/c1-3-6-13(15)12-9-10(2)16-14-8-5-4-7-11(12)14/h3-5,7-9,13H,1,6,15H2,2H3. The molecule has 0 amide bonds. The highest BCUT2D eigenvalue weighted by Crippen LogP contribution is 2.24. The minimum atomic E-state index is 0.00380. The smallest absolute Gasteiger partial charge is 0.0708 e. The summed E-state index contributed by atoms with van der Waals surface area (Å²) in [5.41, 5.74) is 9.32. The average molecular weight is 212 g/mol. The lowest BCUT2D eigenvalue weighted by Gasteiger charge is -2.13. The molecule has 1 aromatic carbocycles. The SMILES string of the molecule is C=CCC(N)c1cc(C)nc2ccccc12. The second-order valence-electron chi connectivity index (χ2n) is 4.00. The van der Waals surface area contributed by atoms with Gasteiger partial charge in [-0.1, -0.05) is 24.3 Å². The molecule has 82 valence electrons. The maximum Gasteiger partial charge on any atom is 0.0708 e. The van der Waals surface area contributed by atoms with Crippen LogP contribution in [0.25, 0.3) is 10.9 Å². The van der Waals surface area contributed by atoms with Gasteiger partial charge in [0.25, 0.3) is 0 Å². The molecule has 0 aliphatic carbocycles. The molecule has 2 rings (SSSR count). The highest BCUT2D eigenvalue weighted by atomic mass is 14.7. The van der Waals surface area contributed by atoms with E-state index in [9.17, 15) is 0 Å². The maximum atomic E-state index is 6.14. The molecule has 0 radical (unpaired) electrons. The first-order valence-electron chi connectivity index (χ1n) is 5.45. The van der Waals surface area contributed by atoms with E-state index in [0.29, 0.717) is 0 Å². The van der Waals surface area contributed by atoms with Crippen LogP contribution in [0.2, 0.25) is 0 Å². The Morgan fingerprint density at radius 2 is 2.19 bits per heavy atom. The van der Waals surface area contributed by atoms with Crippen LogP contribution in [0.15, 0.2) is 43.0 Å². The number of pyridine rings is 1. The summed E-state index contributed by atoms with van der Waals surface area (Å²) in [5.74, 6) is 0. The summed E-state index contributed by atoms with van der Waals surface area (Å²) in [4.78, 5) is 4.50. The second kappa shape index (κ2) is 4.45. The molecule has 0 saturated carbocycles. The molecule has 0 aliphatic rings. The van der Waals surface area contributed by atoms with Crippen LogP contribution in [0, 0.1) is 6.92 Å². The summed E-state index contributed by atoms with van der Waals surface area (Å²) in [6.45, 7) is 5.73. The molecule has 0 spiro atoms. The minimum Gasteiger partial charge on any atom is -0.324 e. The van der Waals surface area contributed by atoms with Gasteiger partial charge in [-0.2, -0.15) is 0 Å². The number of nitrogens with zero attached hydrogens (tertiary/aromatic N) is 1. The number of nitrogens with two attached hydrogens (primary N) is 1. The molecule has 2 nitrogen and oxygen atoms in total. The zero-order chi connectivity index (χ0) is 11.5. The largest absolute Gasteiger partial charge is 0.324 e. The van der Waals surface area contributed by atoms with E-state index in [1.165, 1.54) is 0 Å². The summed E-state index contributed by atoms with van der Waals surface area (Å²) in [6, 6.07) is 10.2. The molecule has 1 heterocycles. The molecule has 1 aromatic heterocycles. The lowest BCUT2D eigenvalue weighted by atomic mass is 9.99. The quantitative estimate of drug-likeness (QED) is 0.794. The van der Waals surface area contributed by atoms with Crippen molar-refractivity contribution in [2.75, 3.05) is 0 Å². The molecule has 16 heavy (non-hydrogen) atoms. The number of benzene rings is 1. The fraction of sp³-hybridized carbons (Fsp3) is 0.214. The van der Waals surface area contributed by atoms with Gasteiger partial charge in [-0.15, -0.1) is 6.58 Å². The fourth-order valence-corrected chi connectivity index (χ4v) is 1.95. The van der Waals surface area contributed by atoms with Gasteiger partial charge in [0.1, 0.15) is 0 Å². The third-order valence-electron chi connectivity index (χ3n) is 2.70. The van der Waals surface area contributed by atoms with E-state index in [2.05, 4.69) is 23.7 Å². The van der Waals surface area contributed by atoms with E-state index in [0.717, 1.165) is 28.6 Å². The Labute approximate surface area is 95.8 Å². The highest BCUT2D eigenvalue weighted by molar-refractivity contribution is 5.82. The average Bonchev–Trinajstić information content (AvgIpc) is 2.28. The van der Waals surface area contributed by atoms with E-state index in [4.69, 9.17) is 5.73 Å². The normalized spacial score (nSPS) is 12.6. The number of aryl methyl sites for hydroxylation is 1. The summed E-state index contributed by atoms with van der Waals surface area (Å²) < 4.78 is 0. The molecule has 0 fully saturated rings. The Hall–Kier alpha value is -1.67. The third-order valence-corrected chi connectivity index (χ3v) is 2.70. The van der Waals surface area contributed by atoms with Gasteiger partial charge in [-0.25, -0.2) is 0 Å². The summed E-state index contributed by atoms with van der Waals surface area (Å²) in [7, 11) is 0. The van der Waals surface area contributed by atoms with Crippen molar-refractivity contribution in [3.05, 3.63) is 54.2 Å². The number of fused-ring (bicyclic) bond motifs is 1. The maximum absolute atomic E-state index is 6.14. The van der Waals surface area contributed by atoms with Gasteiger partial charge < -0.3 is 5.73 Å². The Kier molecular flexibility index (Phi) is 3.02. The van der Waals surface area contributed by atoms with Crippen molar-refractivity contribution in [1.29, 1.82) is 0 Å². The van der Waals surface area contributed by atoms with Gasteiger partial charge in [-0.05, 0) is 31.0 Å². The van der Waals surface area contributed by atoms with Gasteiger partial charge in [-0.3, -0.25) is 4.98 Å². The molecular weight excluding hydrogens is 196 g/mol. The van der Waals surface area contributed by atoms with Gasteiger partial charge in [0, 0.05) is 17.1 Å². The van der Waals surface area contributed by atoms with Crippen LogP contribution in [0.3, 0.4) is 0 Å². The molecule has 1 atom stereocenters. The Morgan fingerprint density at radius 3 is 2.94 bits per heavy atom. The van der Waals surface area contributed by atoms with E-state index >= 15 is 0 Å². The van der Waals surface area contributed by atoms with E-state index in [-0.39, 0.29) is 6.04 Å². The lowest BCUT2D eigenvalue weighted by molar-refractivity contribution is 0.746. The van der Waals surface area contributed by atoms with E-state index < -0.39 is 0 Å². The minimum absolute atomic E-state index is 0.00380. The number of aromatic nitrogens is 1. The van der Waals surface area contributed by atoms with Gasteiger partial charge in [0.2, 0.25) is 0 Å². The number of hydrogen-bond donors (Lipinski definition) is 1. The highest BCUT2D eigenvalue weighted by Gasteiger charge is 2.09. The third kappa shape index (κ3) is 1.97. The first-order valence-corrected chi connectivity index (χ1v) is 5.45. The zero-order valence-corrected chi connectivity index (χ0v) is 9.48. The van der Waals surface area contributed by atoms with Crippen molar-refractivity contribution in [2.24, 2.45) is 5.73 Å². The first kappa shape index (κ1) is 10.8. The van der Waals surface area contributed by atoms with Crippen LogP contribution in [-0.4, -0.2) is 4.98 Å². The summed E-state index contributed by atoms with van der Waals surface area (Å²) >= 11 is 0. The van der Waals surface area contributed by atoms with Gasteiger partial charge >= 0.3 is 0 Å². The Balaban J connectivity index is 2.62. The van der Waals surface area contributed by atoms with Crippen molar-refractivity contribution >= 4 is 10.9 Å². The number of rotatable bonds is 3. The van der Waals surface area contributed by atoms with Crippen molar-refractivity contribution in [3.63, 3.8) is 0 Å². The summed E-state index contributed by atoms with van der Waals surface area (Å²) in [6.07, 6.45) is 2.64. The van der Waals surface area contributed by atoms with Crippen molar-refractivity contribution in [2.45, 2.75) is 19.4 Å². The van der Waals surface area contributed by atoms with Gasteiger partial charge in [0.05, 0.1) is 5.52 Å². The predicted molar refractivity (Wildman–Crippen MR) is 68.2 cm³/mol. The topological polar surface area (TPSA) is 38.9 Å². The fourth-order valence-electron chi connectivity index (χ4n) is 1.95. The Morgan fingerprint density at radius 1 is 1.44 bits per heavy atom. The molecule has 0 bridgehead atoms. The Bertz CT molecular complexity index is 517. The molecular formula is C14H16N2. The van der Waals surface area contributed by atoms with Crippen LogP contribution in [0.4, 0.5) is 0 Å². The molecule has 2 N–H and O–H groups in total. The van der Waals surface area contributed by atoms with Crippen LogP contribution in [0.5, 0.6) is 0 Å². The van der Waals surface area contributed by atoms with E-state index in [1.54, 1.807) is 0 Å². The van der Waals surface area contributed by atoms with E-state index in [1.807, 2.05) is 31.2 Å². The van der Waals surface area contributed by atoms with Crippen molar-refractivity contribution < 1.29 is 0 Å². The molecule has 2 aromatic rings. The molecule has 0 saturated heterocycles. The molecule has 2 heteroatoms. The summed E-state index contributed by atoms with van der Waals surface area (Å²) in [5, 5.41) is 1.14. The van der Waals surface area contributed by atoms with Crippen LogP contribution >= 0.6 is 0 Å². The molecule has 0 aliphatic heterocycles. The number of para-hydroxylation sites is 1. The van der Waals surface area contributed by atoms with Crippen molar-refractivity contribution in [3.8, 4) is 0 Å². The van der Waals surface area contributed by atoms with Crippen LogP contribution < -0.4 is 5.73 Å². The zero-order valence-electron chi connectivity index (χ0n) is 9.48. The van der Waals surface area contributed by atoms with Gasteiger partial charge in [0.15, 0.2) is 0 Å². The lowest BCUT2D eigenvalue weighted by Crippen LogP contribution is -2.10. The first-order chi connectivity index (χ1) is 7.72.